The van der Waals surface area contributed by atoms with Gasteiger partial charge >= 0.3 is 0 Å². The first-order chi connectivity index (χ1) is 28.6. The van der Waals surface area contributed by atoms with Crippen molar-refractivity contribution >= 4 is 45.3 Å². The fraction of sp³-hybridized carbons (Fsp3) is 0.561. The predicted molar refractivity (Wildman–Crippen MR) is 214 cm³/mol. The van der Waals surface area contributed by atoms with Gasteiger partial charge in [0.15, 0.2) is 9.84 Å². The van der Waals surface area contributed by atoms with Crippen LogP contribution in [0, 0.1) is 0 Å². The zero-order valence-electron chi connectivity index (χ0n) is 33.6. The summed E-state index contributed by atoms with van der Waals surface area (Å²) in [6.07, 6.45) is 5.02. The molecule has 5 atom stereocenters. The standard InChI is InChI=1S/C41H52N8O10S/c1-60(56,57)27-4-2-3-26(19-27)58-22-24(5-11-34(43)50)44-38(53)33-9-6-25-13-16-47(21-31(42)40(55)49(25)33)46-17-14-41(15-18-46)23-59-36-29-20-48(32-10-12-35(51)45-37(32)52)39(54)28(29)7-8-30(36)41/h2-4,7-8,19,24-25,31-33H,5-6,9-18,20-23,42H2,1H3,(H2,43,50)(H,44,53)(H,45,51,52)/t24-,25+,31?,32-,33-/m0/s1. The molecule has 0 aromatic heterocycles. The normalized spacial score (nSPS) is 26.1. The zero-order chi connectivity index (χ0) is 42.5. The number of amides is 6. The second-order valence-electron chi connectivity index (χ2n) is 17.0. The maximum Gasteiger partial charge on any atom is 0.255 e. The summed E-state index contributed by atoms with van der Waals surface area (Å²) in [4.78, 5) is 80.6. The van der Waals surface area contributed by atoms with Crippen molar-refractivity contribution in [3.05, 3.63) is 53.1 Å². The molecular weight excluding hydrogens is 797 g/mol. The number of hydrogen-bond acceptors (Lipinski definition) is 13. The SMILES string of the molecule is CS(=O)(=O)c1cccc(OC[C@H](CCC(N)=O)NC(=O)[C@@H]2CC[C@@H]3CCN(N4CCC5(CC4)COc4c5ccc5c4CN([C@H]4CCC(=O)NC4=O)C5=O)CC(N)C(=O)N32)c1. The third kappa shape index (κ3) is 8.06. The van der Waals surface area contributed by atoms with Gasteiger partial charge in [0.2, 0.25) is 29.5 Å². The van der Waals surface area contributed by atoms with Crippen LogP contribution in [0.4, 0.5) is 0 Å². The Kier molecular flexibility index (Phi) is 11.4. The molecule has 0 radical (unpaired) electrons. The molecular formula is C41H52N8O10S. The van der Waals surface area contributed by atoms with E-state index in [-0.39, 0.29) is 84.7 Å². The van der Waals surface area contributed by atoms with Crippen LogP contribution in [0.2, 0.25) is 0 Å². The minimum atomic E-state index is -3.47. The van der Waals surface area contributed by atoms with Crippen LogP contribution in [0.3, 0.4) is 0 Å². The van der Waals surface area contributed by atoms with Crippen molar-refractivity contribution in [3.8, 4) is 11.5 Å². The van der Waals surface area contributed by atoms with Gasteiger partial charge in [0, 0.05) is 73.4 Å². The molecule has 18 nitrogen and oxygen atoms in total. The van der Waals surface area contributed by atoms with E-state index in [9.17, 15) is 37.2 Å². The van der Waals surface area contributed by atoms with Gasteiger partial charge in [-0.15, -0.1) is 0 Å². The van der Waals surface area contributed by atoms with Crippen LogP contribution in [-0.2, 0) is 45.8 Å². The number of hydrazine groups is 1. The number of nitrogens with one attached hydrogen (secondary N) is 2. The lowest BCUT2D eigenvalue weighted by molar-refractivity contribution is -0.146. The Morgan fingerprint density at radius 2 is 1.82 bits per heavy atom. The Balaban J connectivity index is 0.883. The van der Waals surface area contributed by atoms with E-state index in [2.05, 4.69) is 20.7 Å². The monoisotopic (exact) mass is 848 g/mol. The van der Waals surface area contributed by atoms with Gasteiger partial charge < -0.3 is 36.1 Å². The Morgan fingerprint density at radius 3 is 2.55 bits per heavy atom. The van der Waals surface area contributed by atoms with Crippen molar-refractivity contribution in [1.82, 2.24) is 30.5 Å². The van der Waals surface area contributed by atoms with Crippen LogP contribution in [0.15, 0.2) is 41.3 Å². The summed E-state index contributed by atoms with van der Waals surface area (Å²) in [5.74, 6) is -1.23. The van der Waals surface area contributed by atoms with Crippen molar-refractivity contribution in [2.24, 2.45) is 11.5 Å². The third-order valence-corrected chi connectivity index (χ3v) is 14.2. The molecule has 2 aromatic rings. The molecule has 1 spiro atoms. The number of imide groups is 1. The molecule has 0 bridgehead atoms. The number of sulfone groups is 1. The van der Waals surface area contributed by atoms with Gasteiger partial charge in [0.25, 0.3) is 5.91 Å². The van der Waals surface area contributed by atoms with Crippen LogP contribution in [0.25, 0.3) is 0 Å². The molecule has 0 saturated carbocycles. The average molecular weight is 849 g/mol. The molecule has 322 valence electrons. The molecule has 8 rings (SSSR count). The molecule has 4 fully saturated rings. The maximum atomic E-state index is 14.0. The predicted octanol–water partition coefficient (Wildman–Crippen LogP) is -0.286. The zero-order valence-corrected chi connectivity index (χ0v) is 34.4. The van der Waals surface area contributed by atoms with E-state index in [0.29, 0.717) is 63.2 Å². The van der Waals surface area contributed by atoms with Gasteiger partial charge in [-0.3, -0.25) is 34.1 Å². The number of carbonyl (C=O) groups excluding carboxylic acids is 6. The summed E-state index contributed by atoms with van der Waals surface area (Å²) in [7, 11) is -3.47. The molecule has 2 aromatic carbocycles. The quantitative estimate of drug-likeness (QED) is 0.213. The number of benzene rings is 2. The first kappa shape index (κ1) is 41.6. The Bertz CT molecular complexity index is 2210. The Labute approximate surface area is 348 Å². The van der Waals surface area contributed by atoms with Gasteiger partial charge in [0.05, 0.1) is 30.1 Å². The van der Waals surface area contributed by atoms with Crippen molar-refractivity contribution in [1.29, 1.82) is 0 Å². The minimum Gasteiger partial charge on any atom is -0.492 e. The molecule has 1 unspecified atom stereocenters. The largest absolute Gasteiger partial charge is 0.492 e. The fourth-order valence-corrected chi connectivity index (χ4v) is 10.5. The van der Waals surface area contributed by atoms with E-state index in [0.717, 1.165) is 30.2 Å². The van der Waals surface area contributed by atoms with E-state index < -0.39 is 45.8 Å². The highest BCUT2D eigenvalue weighted by atomic mass is 32.2. The molecule has 19 heteroatoms. The lowest BCUT2D eigenvalue weighted by atomic mass is 9.74. The van der Waals surface area contributed by atoms with Gasteiger partial charge in [-0.25, -0.2) is 18.4 Å². The number of carbonyl (C=O) groups is 6. The molecule has 6 aliphatic rings. The lowest BCUT2D eigenvalue weighted by Crippen LogP contribution is -2.62. The molecule has 60 heavy (non-hydrogen) atoms. The van der Waals surface area contributed by atoms with Gasteiger partial charge in [-0.05, 0) is 69.2 Å². The first-order valence-electron chi connectivity index (χ1n) is 20.6. The maximum absolute atomic E-state index is 14.0. The highest BCUT2D eigenvalue weighted by Crippen LogP contribution is 2.50. The molecule has 6 amide bonds. The van der Waals surface area contributed by atoms with Crippen LogP contribution in [-0.4, -0.2) is 140 Å². The topological polar surface area (TPSA) is 244 Å². The summed E-state index contributed by atoms with van der Waals surface area (Å²) in [6.45, 7) is 3.01. The lowest BCUT2D eigenvalue weighted by Gasteiger charge is -2.46. The van der Waals surface area contributed by atoms with Gasteiger partial charge in [-0.1, -0.05) is 12.1 Å². The number of hydrogen-bond donors (Lipinski definition) is 4. The summed E-state index contributed by atoms with van der Waals surface area (Å²) < 4.78 is 36.3. The van der Waals surface area contributed by atoms with Crippen LogP contribution < -0.4 is 31.6 Å². The average Bonchev–Trinajstić information content (AvgIpc) is 3.90. The van der Waals surface area contributed by atoms with Crippen molar-refractivity contribution in [3.63, 3.8) is 0 Å². The smallest absolute Gasteiger partial charge is 0.255 e. The number of nitrogens with zero attached hydrogens (tertiary/aromatic N) is 4. The minimum absolute atomic E-state index is 0.0142. The summed E-state index contributed by atoms with van der Waals surface area (Å²) in [5, 5.41) is 9.75. The molecule has 0 aliphatic carbocycles. The molecule has 6 aliphatic heterocycles. The molecule has 4 saturated heterocycles. The highest BCUT2D eigenvalue weighted by molar-refractivity contribution is 7.90. The number of fused-ring (bicyclic) bond motifs is 5. The Hall–Kier alpha value is -5.11. The second-order valence-corrected chi connectivity index (χ2v) is 19.0. The third-order valence-electron chi connectivity index (χ3n) is 13.1. The van der Waals surface area contributed by atoms with Crippen molar-refractivity contribution in [2.45, 2.75) is 105 Å². The van der Waals surface area contributed by atoms with Gasteiger partial charge in [-0.2, -0.15) is 0 Å². The fourth-order valence-electron chi connectivity index (χ4n) is 9.81. The number of piperidine rings is 2. The number of ether oxygens (including phenoxy) is 2. The first-order valence-corrected chi connectivity index (χ1v) is 22.5. The summed E-state index contributed by atoms with van der Waals surface area (Å²) in [6, 6.07) is 6.67. The molecule has 6 heterocycles. The number of primary amides is 1. The second kappa shape index (κ2) is 16.4. The Morgan fingerprint density at radius 1 is 1.03 bits per heavy atom. The van der Waals surface area contributed by atoms with E-state index in [1.165, 1.54) is 12.1 Å². The number of rotatable bonds is 11. The number of nitrogens with two attached hydrogens (primary N) is 2. The summed E-state index contributed by atoms with van der Waals surface area (Å²) >= 11 is 0. The van der Waals surface area contributed by atoms with Crippen LogP contribution in [0.1, 0.15) is 79.3 Å². The van der Waals surface area contributed by atoms with Crippen LogP contribution >= 0.6 is 0 Å². The molecule has 6 N–H and O–H groups in total. The summed E-state index contributed by atoms with van der Waals surface area (Å²) in [5.41, 5.74) is 14.2. The van der Waals surface area contributed by atoms with E-state index in [1.54, 1.807) is 21.9 Å². The van der Waals surface area contributed by atoms with E-state index in [4.69, 9.17) is 20.9 Å². The van der Waals surface area contributed by atoms with Crippen LogP contribution in [0.5, 0.6) is 11.5 Å². The van der Waals surface area contributed by atoms with E-state index >= 15 is 0 Å². The van der Waals surface area contributed by atoms with Gasteiger partial charge in [0.1, 0.15) is 30.2 Å². The van der Waals surface area contributed by atoms with Crippen molar-refractivity contribution in [2.75, 3.05) is 45.6 Å². The van der Waals surface area contributed by atoms with E-state index in [1.807, 2.05) is 12.1 Å². The van der Waals surface area contributed by atoms with Crippen molar-refractivity contribution < 1.29 is 46.7 Å². The highest BCUT2D eigenvalue weighted by Gasteiger charge is 2.49.